The molecule has 3 unspecified atom stereocenters. The number of phenols is 1. The number of aromatic hydroxyl groups is 1. The Hall–Kier alpha value is -3.44. The first-order valence-corrected chi connectivity index (χ1v) is 12.5. The van der Waals surface area contributed by atoms with Crippen molar-refractivity contribution in [3.63, 3.8) is 0 Å². The summed E-state index contributed by atoms with van der Waals surface area (Å²) in [6, 6.07) is 10.8. The van der Waals surface area contributed by atoms with Crippen LogP contribution in [0.5, 0.6) is 5.75 Å². The van der Waals surface area contributed by atoms with Crippen LogP contribution >= 0.6 is 0 Å². The van der Waals surface area contributed by atoms with Gasteiger partial charge in [0.05, 0.1) is 18.2 Å². The van der Waals surface area contributed by atoms with E-state index < -0.39 is 30.1 Å². The second kappa shape index (κ2) is 13.2. The zero-order chi connectivity index (χ0) is 26.9. The van der Waals surface area contributed by atoms with Gasteiger partial charge in [0.25, 0.3) is 0 Å². The van der Waals surface area contributed by atoms with Gasteiger partial charge in [-0.05, 0) is 53.8 Å². The summed E-state index contributed by atoms with van der Waals surface area (Å²) in [5, 5.41) is 29.1. The maximum atomic E-state index is 13.1. The highest BCUT2D eigenvalue weighted by Gasteiger charge is 2.26. The van der Waals surface area contributed by atoms with Gasteiger partial charge in [-0.3, -0.25) is 9.59 Å². The first-order chi connectivity index (χ1) is 17.7. The van der Waals surface area contributed by atoms with Crippen molar-refractivity contribution >= 4 is 11.8 Å². The predicted molar refractivity (Wildman–Crippen MR) is 143 cm³/mol. The Kier molecular flexibility index (Phi) is 10.0. The molecule has 1 heterocycles. The van der Waals surface area contributed by atoms with Crippen molar-refractivity contribution in [3.8, 4) is 16.9 Å². The van der Waals surface area contributed by atoms with Crippen molar-refractivity contribution in [2.45, 2.75) is 49.9 Å². The molecule has 10 heteroatoms. The number of carbonyl (C=O) groups is 2. The third-order valence-electron chi connectivity index (χ3n) is 6.45. The molecular weight excluding hydrogens is 472 g/mol. The van der Waals surface area contributed by atoms with Crippen LogP contribution in [0.4, 0.5) is 0 Å². The number of rotatable bonds is 7. The third-order valence-corrected chi connectivity index (χ3v) is 6.45. The fourth-order valence-corrected chi connectivity index (χ4v) is 4.26. The van der Waals surface area contributed by atoms with Gasteiger partial charge < -0.3 is 43.4 Å². The van der Waals surface area contributed by atoms with Crippen LogP contribution in [0.1, 0.15) is 24.0 Å². The summed E-state index contributed by atoms with van der Waals surface area (Å²) >= 11 is 0. The van der Waals surface area contributed by atoms with Crippen molar-refractivity contribution in [2.75, 3.05) is 19.6 Å². The highest BCUT2D eigenvalue weighted by molar-refractivity contribution is 5.84. The van der Waals surface area contributed by atoms with Crippen molar-refractivity contribution < 1.29 is 19.8 Å². The van der Waals surface area contributed by atoms with Crippen molar-refractivity contribution in [3.05, 3.63) is 65.9 Å². The normalized spacial score (nSPS) is 21.1. The first kappa shape index (κ1) is 28.1. The lowest BCUT2D eigenvalue weighted by atomic mass is 9.96. The zero-order valence-corrected chi connectivity index (χ0v) is 21.0. The number of aliphatic hydroxyl groups is 1. The standard InChI is InChI=1S/C27H38N6O4/c1-16-23(6-3-9-28)33-26(36)22(30)13-20-12-19(7-8-25(20)35)18-5-2-4-17(10-18)11-24(32-16)27(37)31-15-21(34)14-29/h2,4-5,7-8,10,12,21-24,32,34-35H,1,3,6,9,11,13-15,28-30H2,(H,31,37)(H,33,36)/t21?,22?,23-,24?/m0/s1. The molecule has 2 amide bonds. The summed E-state index contributed by atoms with van der Waals surface area (Å²) < 4.78 is 0. The highest BCUT2D eigenvalue weighted by atomic mass is 16.3. The van der Waals surface area contributed by atoms with Gasteiger partial charge in [0.2, 0.25) is 11.8 Å². The average Bonchev–Trinajstić information content (AvgIpc) is 2.89. The van der Waals surface area contributed by atoms with Crippen LogP contribution in [-0.4, -0.2) is 65.9 Å². The molecule has 0 aromatic heterocycles. The second-order valence-corrected chi connectivity index (χ2v) is 9.41. The molecule has 11 N–H and O–H groups in total. The molecule has 0 radical (unpaired) electrons. The van der Waals surface area contributed by atoms with E-state index in [2.05, 4.69) is 22.5 Å². The lowest BCUT2D eigenvalue weighted by Gasteiger charge is -2.28. The predicted octanol–water partition coefficient (Wildman–Crippen LogP) is -0.383. The molecule has 1 aliphatic heterocycles. The molecule has 4 atom stereocenters. The third kappa shape index (κ3) is 7.77. The van der Waals surface area contributed by atoms with Crippen molar-refractivity contribution in [2.24, 2.45) is 17.2 Å². The van der Waals surface area contributed by atoms with E-state index in [1.165, 1.54) is 0 Å². The molecule has 0 aliphatic carbocycles. The first-order valence-electron chi connectivity index (χ1n) is 12.5. The SMILES string of the molecule is C=C1NC(C(=O)NCC(O)CN)Cc2cccc(c2)-c2ccc(O)c(c2)CC(N)C(=O)N[C@H]1CCCN. The Bertz CT molecular complexity index is 1110. The number of phenolic OH excluding ortho intramolecular Hbond substituents is 1. The Balaban J connectivity index is 2.01. The number of carbonyl (C=O) groups excluding carboxylic acids is 2. The Labute approximate surface area is 217 Å². The number of fused-ring (bicyclic) bond motifs is 5. The molecule has 0 saturated carbocycles. The van der Waals surface area contributed by atoms with Crippen molar-refractivity contribution in [1.82, 2.24) is 16.0 Å². The summed E-state index contributed by atoms with van der Waals surface area (Å²) in [6.07, 6.45) is 0.713. The number of benzene rings is 2. The summed E-state index contributed by atoms with van der Waals surface area (Å²) in [5.74, 6) is -0.678. The minimum atomic E-state index is -0.914. The summed E-state index contributed by atoms with van der Waals surface area (Å²) in [6.45, 7) is 4.56. The molecule has 0 fully saturated rings. The van der Waals surface area contributed by atoms with E-state index in [0.29, 0.717) is 37.1 Å². The summed E-state index contributed by atoms with van der Waals surface area (Å²) in [4.78, 5) is 26.2. The van der Waals surface area contributed by atoms with E-state index in [4.69, 9.17) is 17.2 Å². The van der Waals surface area contributed by atoms with E-state index in [9.17, 15) is 19.8 Å². The van der Waals surface area contributed by atoms with Crippen LogP contribution in [0.25, 0.3) is 11.1 Å². The minimum absolute atomic E-state index is 0.0124. The molecule has 200 valence electrons. The van der Waals surface area contributed by atoms with E-state index in [1.807, 2.05) is 30.3 Å². The van der Waals surface area contributed by atoms with Gasteiger partial charge in [-0.15, -0.1) is 0 Å². The molecule has 4 bridgehead atoms. The van der Waals surface area contributed by atoms with E-state index in [1.54, 1.807) is 12.1 Å². The number of hydrogen-bond acceptors (Lipinski definition) is 8. The van der Waals surface area contributed by atoms with Crippen LogP contribution in [0, 0.1) is 0 Å². The number of hydrogen-bond donors (Lipinski definition) is 8. The zero-order valence-electron chi connectivity index (χ0n) is 21.0. The van der Waals surface area contributed by atoms with Crippen LogP contribution in [0.2, 0.25) is 0 Å². The monoisotopic (exact) mass is 510 g/mol. The Morgan fingerprint density at radius 2 is 1.89 bits per heavy atom. The maximum absolute atomic E-state index is 13.1. The quantitative estimate of drug-likeness (QED) is 0.247. The van der Waals surface area contributed by atoms with E-state index >= 15 is 0 Å². The fraction of sp³-hybridized carbons (Fsp3) is 0.407. The molecule has 2 aromatic rings. The van der Waals surface area contributed by atoms with Gasteiger partial charge >= 0.3 is 0 Å². The molecule has 1 aliphatic rings. The van der Waals surface area contributed by atoms with Gasteiger partial charge in [-0.1, -0.05) is 36.9 Å². The largest absolute Gasteiger partial charge is 0.508 e. The molecule has 2 aromatic carbocycles. The lowest BCUT2D eigenvalue weighted by molar-refractivity contribution is -0.123. The number of amides is 2. The smallest absolute Gasteiger partial charge is 0.242 e. The fourth-order valence-electron chi connectivity index (χ4n) is 4.26. The molecule has 3 rings (SSSR count). The maximum Gasteiger partial charge on any atom is 0.242 e. The highest BCUT2D eigenvalue weighted by Crippen LogP contribution is 2.28. The summed E-state index contributed by atoms with van der Waals surface area (Å²) in [7, 11) is 0. The van der Waals surface area contributed by atoms with Gasteiger partial charge in [0.1, 0.15) is 11.8 Å². The van der Waals surface area contributed by atoms with Gasteiger partial charge in [0, 0.05) is 31.6 Å². The van der Waals surface area contributed by atoms with Crippen molar-refractivity contribution in [1.29, 1.82) is 0 Å². The molecule has 0 spiro atoms. The molecule has 10 nitrogen and oxygen atoms in total. The van der Waals surface area contributed by atoms with E-state index in [-0.39, 0.29) is 31.2 Å². The number of nitrogens with one attached hydrogen (secondary N) is 3. The van der Waals surface area contributed by atoms with E-state index in [0.717, 1.165) is 16.7 Å². The number of nitrogens with two attached hydrogens (primary N) is 3. The molecule has 0 saturated heterocycles. The average molecular weight is 511 g/mol. The van der Waals surface area contributed by atoms with Crippen LogP contribution in [0.15, 0.2) is 54.7 Å². The topological polar surface area (TPSA) is 189 Å². The molecule has 37 heavy (non-hydrogen) atoms. The lowest BCUT2D eigenvalue weighted by Crippen LogP contribution is -2.52. The summed E-state index contributed by atoms with van der Waals surface area (Å²) in [5.41, 5.74) is 21.1. The van der Waals surface area contributed by atoms with Crippen LogP contribution in [0.3, 0.4) is 0 Å². The van der Waals surface area contributed by atoms with Gasteiger partial charge in [-0.2, -0.15) is 0 Å². The second-order valence-electron chi connectivity index (χ2n) is 9.41. The van der Waals surface area contributed by atoms with Crippen LogP contribution in [-0.2, 0) is 22.4 Å². The minimum Gasteiger partial charge on any atom is -0.508 e. The van der Waals surface area contributed by atoms with Crippen LogP contribution < -0.4 is 33.2 Å². The Morgan fingerprint density at radius 3 is 2.62 bits per heavy atom. The number of aliphatic hydroxyl groups excluding tert-OH is 1. The molecular formula is C27H38N6O4. The van der Waals surface area contributed by atoms with Gasteiger partial charge in [-0.25, -0.2) is 0 Å². The Morgan fingerprint density at radius 1 is 1.14 bits per heavy atom. The van der Waals surface area contributed by atoms with Gasteiger partial charge in [0.15, 0.2) is 0 Å².